The van der Waals surface area contributed by atoms with Crippen LogP contribution in [0.2, 0.25) is 0 Å². The number of carbonyl (C=O) groups excluding carboxylic acids is 2. The molecule has 0 fully saturated rings. The quantitative estimate of drug-likeness (QED) is 0.207. The van der Waals surface area contributed by atoms with E-state index in [9.17, 15) is 9.59 Å². The molecule has 4 aromatic carbocycles. The van der Waals surface area contributed by atoms with Gasteiger partial charge in [-0.2, -0.15) is 0 Å². The van der Waals surface area contributed by atoms with Crippen molar-refractivity contribution in [3.63, 3.8) is 0 Å². The molecule has 0 aromatic heterocycles. The average molecular weight is 448 g/mol. The predicted molar refractivity (Wildman–Crippen MR) is 129 cm³/mol. The minimum absolute atomic E-state index is 0.215. The fourth-order valence-corrected chi connectivity index (χ4v) is 3.70. The van der Waals surface area contributed by atoms with Gasteiger partial charge in [0.15, 0.2) is 5.76 Å². The lowest BCUT2D eigenvalue weighted by Gasteiger charge is -2.07. The summed E-state index contributed by atoms with van der Waals surface area (Å²) in [6.45, 7) is 0. The third kappa shape index (κ3) is 4.32. The second-order valence-electron chi connectivity index (χ2n) is 7.71. The van der Waals surface area contributed by atoms with Crippen LogP contribution in [-0.2, 0) is 0 Å². The van der Waals surface area contributed by atoms with Gasteiger partial charge < -0.3 is 14.2 Å². The number of ether oxygens (including phenoxy) is 3. The van der Waals surface area contributed by atoms with E-state index in [0.29, 0.717) is 22.6 Å². The fourth-order valence-electron chi connectivity index (χ4n) is 3.70. The summed E-state index contributed by atoms with van der Waals surface area (Å²) in [4.78, 5) is 25.3. The second-order valence-corrected chi connectivity index (χ2v) is 7.71. The number of benzene rings is 4. The van der Waals surface area contributed by atoms with Crippen LogP contribution < -0.4 is 14.2 Å². The summed E-state index contributed by atoms with van der Waals surface area (Å²) in [6, 6.07) is 29.4. The Morgan fingerprint density at radius 2 is 1.56 bits per heavy atom. The molecule has 0 saturated carbocycles. The van der Waals surface area contributed by atoms with Crippen LogP contribution in [0, 0.1) is 0 Å². The molecular formula is C29H20O5. The van der Waals surface area contributed by atoms with Gasteiger partial charge in [0.25, 0.3) is 0 Å². The Kier molecular flexibility index (Phi) is 5.67. The van der Waals surface area contributed by atoms with Crippen LogP contribution in [0.5, 0.6) is 17.2 Å². The van der Waals surface area contributed by atoms with Gasteiger partial charge in [-0.25, -0.2) is 4.79 Å². The number of hydrogen-bond acceptors (Lipinski definition) is 5. The van der Waals surface area contributed by atoms with Gasteiger partial charge >= 0.3 is 5.97 Å². The van der Waals surface area contributed by atoms with Crippen molar-refractivity contribution in [1.82, 2.24) is 0 Å². The highest BCUT2D eigenvalue weighted by atomic mass is 16.5. The number of ketones is 1. The maximum Gasteiger partial charge on any atom is 0.343 e. The van der Waals surface area contributed by atoms with Gasteiger partial charge in [-0.3, -0.25) is 4.79 Å². The molecule has 0 bridgehead atoms. The Labute approximate surface area is 196 Å². The molecule has 5 nitrogen and oxygen atoms in total. The molecule has 0 N–H and O–H groups in total. The molecule has 5 rings (SSSR count). The Bertz CT molecular complexity index is 1400. The molecule has 0 amide bonds. The Hall–Kier alpha value is -4.64. The number of methoxy groups -OCH3 is 1. The third-order valence-electron chi connectivity index (χ3n) is 5.47. The summed E-state index contributed by atoms with van der Waals surface area (Å²) in [5, 5.41) is 0. The van der Waals surface area contributed by atoms with Crippen molar-refractivity contribution in [2.24, 2.45) is 0 Å². The number of allylic oxidation sites excluding steroid dienone is 1. The number of carbonyl (C=O) groups is 2. The zero-order valence-electron chi connectivity index (χ0n) is 18.4. The van der Waals surface area contributed by atoms with E-state index in [4.69, 9.17) is 14.2 Å². The highest BCUT2D eigenvalue weighted by Crippen LogP contribution is 2.35. The van der Waals surface area contributed by atoms with Crippen molar-refractivity contribution < 1.29 is 23.8 Å². The molecule has 166 valence electrons. The molecular weight excluding hydrogens is 428 g/mol. The zero-order valence-corrected chi connectivity index (χ0v) is 18.4. The molecule has 0 spiro atoms. The summed E-state index contributed by atoms with van der Waals surface area (Å²) < 4.78 is 16.4. The molecule has 4 aromatic rings. The largest absolute Gasteiger partial charge is 0.497 e. The van der Waals surface area contributed by atoms with E-state index < -0.39 is 5.97 Å². The maximum atomic E-state index is 12.8. The second kappa shape index (κ2) is 9.08. The number of Topliss-reactive ketones (excluding diaryl/α,β-unsaturated/α-hetero) is 1. The standard InChI is InChI=1S/C29H20O5/c1-32-23-9-5-8-22(17-23)29(31)33-24-14-15-25-26(18-24)34-27(28(25)30)16-19-10-12-21(13-11-19)20-6-3-2-4-7-20/h2-18H,1H3. The Morgan fingerprint density at radius 3 is 2.32 bits per heavy atom. The number of rotatable bonds is 5. The molecule has 0 unspecified atom stereocenters. The van der Waals surface area contributed by atoms with Gasteiger partial charge in [0, 0.05) is 6.07 Å². The van der Waals surface area contributed by atoms with E-state index in [0.717, 1.165) is 16.7 Å². The maximum absolute atomic E-state index is 12.8. The molecule has 34 heavy (non-hydrogen) atoms. The SMILES string of the molecule is COc1cccc(C(=O)Oc2ccc3c(c2)OC(=Cc2ccc(-c4ccccc4)cc2)C3=O)c1. The molecule has 5 heteroatoms. The van der Waals surface area contributed by atoms with Crippen LogP contribution in [0.25, 0.3) is 17.2 Å². The van der Waals surface area contributed by atoms with Crippen molar-refractivity contribution in [3.05, 3.63) is 120 Å². The zero-order chi connectivity index (χ0) is 23.5. The lowest BCUT2D eigenvalue weighted by atomic mass is 10.0. The first-order valence-electron chi connectivity index (χ1n) is 10.7. The number of fused-ring (bicyclic) bond motifs is 1. The molecule has 1 aliphatic heterocycles. The molecule has 0 aliphatic carbocycles. The van der Waals surface area contributed by atoms with E-state index in [-0.39, 0.29) is 17.3 Å². The van der Waals surface area contributed by atoms with Gasteiger partial charge in [-0.1, -0.05) is 60.7 Å². The summed E-state index contributed by atoms with van der Waals surface area (Å²) >= 11 is 0. The lowest BCUT2D eigenvalue weighted by molar-refractivity contribution is 0.0734. The highest BCUT2D eigenvalue weighted by molar-refractivity contribution is 6.14. The van der Waals surface area contributed by atoms with Gasteiger partial charge in [0.1, 0.15) is 17.2 Å². The highest BCUT2D eigenvalue weighted by Gasteiger charge is 2.28. The topological polar surface area (TPSA) is 61.8 Å². The third-order valence-corrected chi connectivity index (χ3v) is 5.47. The van der Waals surface area contributed by atoms with Gasteiger partial charge in [0.2, 0.25) is 5.78 Å². The van der Waals surface area contributed by atoms with Crippen molar-refractivity contribution >= 4 is 17.8 Å². The molecule has 0 atom stereocenters. The number of hydrogen-bond donors (Lipinski definition) is 0. The lowest BCUT2D eigenvalue weighted by Crippen LogP contribution is -2.08. The normalized spacial score (nSPS) is 13.3. The van der Waals surface area contributed by atoms with Crippen LogP contribution in [0.4, 0.5) is 0 Å². The van der Waals surface area contributed by atoms with E-state index in [1.807, 2.05) is 54.6 Å². The van der Waals surface area contributed by atoms with Gasteiger partial charge in [-0.15, -0.1) is 0 Å². The Morgan fingerprint density at radius 1 is 0.794 bits per heavy atom. The van der Waals surface area contributed by atoms with E-state index in [1.54, 1.807) is 48.5 Å². The summed E-state index contributed by atoms with van der Waals surface area (Å²) in [5.74, 6) is 0.675. The fraction of sp³-hybridized carbons (Fsp3) is 0.0345. The van der Waals surface area contributed by atoms with Crippen LogP contribution in [0.3, 0.4) is 0 Å². The van der Waals surface area contributed by atoms with Crippen molar-refractivity contribution in [1.29, 1.82) is 0 Å². The first-order valence-corrected chi connectivity index (χ1v) is 10.7. The predicted octanol–water partition coefficient (Wildman–Crippen LogP) is 6.20. The molecule has 1 aliphatic rings. The monoisotopic (exact) mass is 448 g/mol. The van der Waals surface area contributed by atoms with E-state index in [1.165, 1.54) is 7.11 Å². The first kappa shape index (κ1) is 21.2. The van der Waals surface area contributed by atoms with Crippen molar-refractivity contribution in [2.75, 3.05) is 7.11 Å². The summed E-state index contributed by atoms with van der Waals surface area (Å²) in [6.07, 6.45) is 1.71. The average Bonchev–Trinajstić information content (AvgIpc) is 3.19. The van der Waals surface area contributed by atoms with E-state index >= 15 is 0 Å². The van der Waals surface area contributed by atoms with Gasteiger partial charge in [-0.05, 0) is 53.1 Å². The molecule has 0 radical (unpaired) electrons. The van der Waals surface area contributed by atoms with Crippen LogP contribution >= 0.6 is 0 Å². The Balaban J connectivity index is 1.32. The molecule has 1 heterocycles. The van der Waals surface area contributed by atoms with Crippen LogP contribution in [0.15, 0.2) is 103 Å². The smallest absolute Gasteiger partial charge is 0.343 e. The van der Waals surface area contributed by atoms with Crippen molar-refractivity contribution in [2.45, 2.75) is 0 Å². The minimum Gasteiger partial charge on any atom is -0.497 e. The van der Waals surface area contributed by atoms with Crippen LogP contribution in [-0.4, -0.2) is 18.9 Å². The summed E-state index contributed by atoms with van der Waals surface area (Å²) in [5.41, 5.74) is 3.84. The first-order chi connectivity index (χ1) is 16.6. The van der Waals surface area contributed by atoms with Crippen molar-refractivity contribution in [3.8, 4) is 28.4 Å². The van der Waals surface area contributed by atoms with Crippen LogP contribution in [0.1, 0.15) is 26.3 Å². The van der Waals surface area contributed by atoms with Gasteiger partial charge in [0.05, 0.1) is 18.2 Å². The summed E-state index contributed by atoms with van der Waals surface area (Å²) in [7, 11) is 1.53. The number of esters is 1. The van der Waals surface area contributed by atoms with E-state index in [2.05, 4.69) is 0 Å². The molecule has 0 saturated heterocycles. The minimum atomic E-state index is -0.530.